The number of aromatic amines is 1. The first-order chi connectivity index (χ1) is 9.78. The zero-order valence-corrected chi connectivity index (χ0v) is 12.2. The van der Waals surface area contributed by atoms with E-state index in [2.05, 4.69) is 39.2 Å². The van der Waals surface area contributed by atoms with Crippen LogP contribution in [0.4, 0.5) is 11.8 Å². The molecule has 1 fully saturated rings. The van der Waals surface area contributed by atoms with Gasteiger partial charge in [0.2, 0.25) is 5.95 Å². The lowest BCUT2D eigenvalue weighted by molar-refractivity contribution is 0.437. The number of hydrogen-bond donors (Lipinski definition) is 2. The minimum atomic E-state index is 0.692. The van der Waals surface area contributed by atoms with Crippen LogP contribution in [0.2, 0.25) is 0 Å². The first-order valence-corrected chi connectivity index (χ1v) is 7.48. The van der Waals surface area contributed by atoms with Gasteiger partial charge < -0.3 is 10.2 Å². The first kappa shape index (κ1) is 13.1. The Bertz CT molecular complexity index is 570. The van der Waals surface area contributed by atoms with Crippen LogP contribution in [0.1, 0.15) is 33.1 Å². The van der Waals surface area contributed by atoms with Crippen LogP contribution in [0.25, 0.3) is 11.0 Å². The van der Waals surface area contributed by atoms with E-state index >= 15 is 0 Å². The quantitative estimate of drug-likeness (QED) is 0.896. The van der Waals surface area contributed by atoms with Crippen molar-refractivity contribution >= 4 is 22.8 Å². The molecule has 0 spiro atoms. The normalized spacial score (nSPS) is 16.8. The van der Waals surface area contributed by atoms with E-state index < -0.39 is 0 Å². The highest BCUT2D eigenvalue weighted by Crippen LogP contribution is 2.27. The maximum absolute atomic E-state index is 4.70. The monoisotopic (exact) mass is 274 g/mol. The maximum Gasteiger partial charge on any atom is 0.226 e. The zero-order valence-electron chi connectivity index (χ0n) is 12.2. The Hall–Kier alpha value is -1.85. The van der Waals surface area contributed by atoms with E-state index in [1.807, 2.05) is 6.20 Å². The van der Waals surface area contributed by atoms with E-state index in [4.69, 9.17) is 4.98 Å². The van der Waals surface area contributed by atoms with Crippen molar-refractivity contribution in [1.29, 1.82) is 0 Å². The van der Waals surface area contributed by atoms with Crippen molar-refractivity contribution in [2.24, 2.45) is 5.92 Å². The van der Waals surface area contributed by atoms with E-state index in [9.17, 15) is 0 Å². The molecule has 0 unspecified atom stereocenters. The molecule has 2 N–H and O–H groups in total. The molecule has 2 aromatic heterocycles. The molecule has 1 saturated heterocycles. The van der Waals surface area contributed by atoms with E-state index in [-0.39, 0.29) is 0 Å². The minimum Gasteiger partial charge on any atom is -0.356 e. The Morgan fingerprint density at radius 1 is 1.35 bits per heavy atom. The number of hydrogen-bond acceptors (Lipinski definition) is 5. The Labute approximate surface area is 119 Å². The summed E-state index contributed by atoms with van der Waals surface area (Å²) in [6.07, 6.45) is 5.33. The van der Waals surface area contributed by atoms with Crippen LogP contribution in [-0.4, -0.2) is 39.8 Å². The average Bonchev–Trinajstić information content (AvgIpc) is 2.93. The van der Waals surface area contributed by atoms with Crippen LogP contribution in [-0.2, 0) is 0 Å². The highest BCUT2D eigenvalue weighted by Gasteiger charge is 2.20. The molecule has 0 radical (unpaired) electrons. The summed E-state index contributed by atoms with van der Waals surface area (Å²) in [5, 5.41) is 11.4. The Kier molecular flexibility index (Phi) is 3.71. The summed E-state index contributed by atoms with van der Waals surface area (Å²) in [6, 6.07) is 0. The van der Waals surface area contributed by atoms with Crippen LogP contribution in [0.3, 0.4) is 0 Å². The van der Waals surface area contributed by atoms with Gasteiger partial charge in [0.15, 0.2) is 5.65 Å². The van der Waals surface area contributed by atoms with Gasteiger partial charge in [0.25, 0.3) is 0 Å². The number of nitrogens with zero attached hydrogens (tertiary/aromatic N) is 4. The summed E-state index contributed by atoms with van der Waals surface area (Å²) in [5.41, 5.74) is 0.812. The van der Waals surface area contributed by atoms with Gasteiger partial charge in [-0.1, -0.05) is 13.8 Å². The lowest BCUT2D eigenvalue weighted by atomic mass is 9.99. The van der Waals surface area contributed by atoms with Crippen molar-refractivity contribution in [1.82, 2.24) is 20.2 Å². The first-order valence-electron chi connectivity index (χ1n) is 7.48. The number of nitrogens with one attached hydrogen (secondary N) is 2. The molecule has 6 nitrogen and oxygen atoms in total. The second-order valence-electron chi connectivity index (χ2n) is 5.60. The molecule has 2 aromatic rings. The van der Waals surface area contributed by atoms with Crippen molar-refractivity contribution < 1.29 is 0 Å². The molecule has 1 aliphatic heterocycles. The van der Waals surface area contributed by atoms with Gasteiger partial charge in [0.1, 0.15) is 5.82 Å². The summed E-state index contributed by atoms with van der Waals surface area (Å²) < 4.78 is 0. The van der Waals surface area contributed by atoms with Gasteiger partial charge in [-0.25, -0.2) is 0 Å². The van der Waals surface area contributed by atoms with Crippen LogP contribution in [0.15, 0.2) is 6.20 Å². The third-order valence-corrected chi connectivity index (χ3v) is 3.91. The molecule has 0 atom stereocenters. The summed E-state index contributed by atoms with van der Waals surface area (Å²) in [4.78, 5) is 11.5. The van der Waals surface area contributed by atoms with Gasteiger partial charge in [-0.2, -0.15) is 15.1 Å². The smallest absolute Gasteiger partial charge is 0.226 e. The molecule has 0 aromatic carbocycles. The van der Waals surface area contributed by atoms with Gasteiger partial charge in [0, 0.05) is 19.6 Å². The van der Waals surface area contributed by atoms with Crippen molar-refractivity contribution in [3.63, 3.8) is 0 Å². The minimum absolute atomic E-state index is 0.692. The van der Waals surface area contributed by atoms with Crippen LogP contribution < -0.4 is 10.2 Å². The lowest BCUT2D eigenvalue weighted by Gasteiger charge is -2.31. The van der Waals surface area contributed by atoms with E-state index in [0.29, 0.717) is 5.95 Å². The highest BCUT2D eigenvalue weighted by molar-refractivity contribution is 5.87. The molecule has 108 valence electrons. The molecule has 1 aliphatic rings. The van der Waals surface area contributed by atoms with Crippen LogP contribution in [0, 0.1) is 5.92 Å². The number of H-pyrrole nitrogens is 1. The fourth-order valence-corrected chi connectivity index (χ4v) is 2.60. The van der Waals surface area contributed by atoms with Gasteiger partial charge in [0.05, 0.1) is 11.6 Å². The molecule has 0 aliphatic carbocycles. The van der Waals surface area contributed by atoms with Crippen molar-refractivity contribution in [2.75, 3.05) is 29.9 Å². The molecule has 3 heterocycles. The fraction of sp³-hybridized carbons (Fsp3) is 0.643. The molecule has 20 heavy (non-hydrogen) atoms. The Balaban J connectivity index is 1.93. The molecule has 3 rings (SSSR count). The lowest BCUT2D eigenvalue weighted by Crippen LogP contribution is -2.33. The number of piperidine rings is 1. The average molecular weight is 274 g/mol. The number of aromatic nitrogens is 4. The highest BCUT2D eigenvalue weighted by atomic mass is 15.3. The third kappa shape index (κ3) is 2.55. The van der Waals surface area contributed by atoms with Crippen LogP contribution in [0.5, 0.6) is 0 Å². The maximum atomic E-state index is 4.70. The standard InChI is InChI=1S/C14H22N6/c1-3-6-15-14-17-12-11(9-16-19-12)13(18-14)20-7-4-10(2)5-8-20/h9-10H,3-8H2,1-2H3,(H2,15,16,17,18,19). The summed E-state index contributed by atoms with van der Waals surface area (Å²) in [6.45, 7) is 7.46. The van der Waals surface area contributed by atoms with E-state index in [0.717, 1.165) is 48.8 Å². The SMILES string of the molecule is CCCNc1nc(N2CCC(C)CC2)c2cn[nH]c2n1. The van der Waals surface area contributed by atoms with Gasteiger partial charge in [-0.15, -0.1) is 0 Å². The van der Waals surface area contributed by atoms with Crippen molar-refractivity contribution in [3.8, 4) is 0 Å². The third-order valence-electron chi connectivity index (χ3n) is 3.91. The topological polar surface area (TPSA) is 69.7 Å². The largest absolute Gasteiger partial charge is 0.356 e. The van der Waals surface area contributed by atoms with Crippen molar-refractivity contribution in [2.45, 2.75) is 33.1 Å². The van der Waals surface area contributed by atoms with Gasteiger partial charge in [-0.3, -0.25) is 5.10 Å². The predicted molar refractivity (Wildman–Crippen MR) is 81.1 cm³/mol. The summed E-state index contributed by atoms with van der Waals surface area (Å²) >= 11 is 0. The second kappa shape index (κ2) is 5.64. The second-order valence-corrected chi connectivity index (χ2v) is 5.60. The van der Waals surface area contributed by atoms with Gasteiger partial charge in [-0.05, 0) is 25.2 Å². The van der Waals surface area contributed by atoms with Gasteiger partial charge >= 0.3 is 0 Å². The zero-order chi connectivity index (χ0) is 13.9. The summed E-state index contributed by atoms with van der Waals surface area (Å²) in [7, 11) is 0. The fourth-order valence-electron chi connectivity index (χ4n) is 2.60. The van der Waals surface area contributed by atoms with Crippen molar-refractivity contribution in [3.05, 3.63) is 6.20 Å². The molecule has 0 saturated carbocycles. The molecule has 0 amide bonds. The summed E-state index contributed by atoms with van der Waals surface area (Å²) in [5.74, 6) is 2.51. The Morgan fingerprint density at radius 3 is 2.90 bits per heavy atom. The predicted octanol–water partition coefficient (Wildman–Crippen LogP) is 2.41. The molecular formula is C14H22N6. The van der Waals surface area contributed by atoms with E-state index in [1.54, 1.807) is 0 Å². The molecular weight excluding hydrogens is 252 g/mol. The molecule has 6 heteroatoms. The molecule has 0 bridgehead atoms. The Morgan fingerprint density at radius 2 is 2.15 bits per heavy atom. The number of fused-ring (bicyclic) bond motifs is 1. The number of anilines is 2. The van der Waals surface area contributed by atoms with E-state index in [1.165, 1.54) is 12.8 Å². The number of rotatable bonds is 4. The van der Waals surface area contributed by atoms with Crippen LogP contribution >= 0.6 is 0 Å².